The first-order valence-corrected chi connectivity index (χ1v) is 6.73. The molecule has 100 valence electrons. The van der Waals surface area contributed by atoms with E-state index in [0.717, 1.165) is 21.9 Å². The number of ether oxygens (including phenoxy) is 1. The summed E-state index contributed by atoms with van der Waals surface area (Å²) in [6.07, 6.45) is 0. The van der Waals surface area contributed by atoms with Gasteiger partial charge >= 0.3 is 0 Å². The SMILES string of the molecule is COc1ccccc1CNCc1cc(Cl)ccc1Cl. The highest BCUT2D eigenvalue weighted by Gasteiger charge is 2.03. The molecule has 4 heteroatoms. The lowest BCUT2D eigenvalue weighted by Crippen LogP contribution is -2.13. The maximum atomic E-state index is 6.11. The van der Waals surface area contributed by atoms with Crippen molar-refractivity contribution in [1.29, 1.82) is 0 Å². The Hall–Kier alpha value is -1.22. The van der Waals surface area contributed by atoms with E-state index in [-0.39, 0.29) is 0 Å². The average Bonchev–Trinajstić information content (AvgIpc) is 2.43. The van der Waals surface area contributed by atoms with Crippen LogP contribution >= 0.6 is 23.2 Å². The molecule has 0 saturated carbocycles. The van der Waals surface area contributed by atoms with Crippen LogP contribution in [0, 0.1) is 0 Å². The Kier molecular flexibility index (Phi) is 5.08. The van der Waals surface area contributed by atoms with Gasteiger partial charge in [0.1, 0.15) is 5.75 Å². The molecular weight excluding hydrogens is 281 g/mol. The molecule has 0 fully saturated rings. The van der Waals surface area contributed by atoms with Gasteiger partial charge in [0.05, 0.1) is 7.11 Å². The summed E-state index contributed by atoms with van der Waals surface area (Å²) in [6.45, 7) is 1.38. The fraction of sp³-hybridized carbons (Fsp3) is 0.200. The second-order valence-electron chi connectivity index (χ2n) is 4.15. The Bertz CT molecular complexity index is 558. The van der Waals surface area contributed by atoms with Crippen molar-refractivity contribution in [1.82, 2.24) is 5.32 Å². The molecule has 0 amide bonds. The van der Waals surface area contributed by atoms with Crippen molar-refractivity contribution in [2.75, 3.05) is 7.11 Å². The zero-order chi connectivity index (χ0) is 13.7. The van der Waals surface area contributed by atoms with E-state index in [4.69, 9.17) is 27.9 Å². The van der Waals surface area contributed by atoms with Crippen LogP contribution in [0.2, 0.25) is 10.0 Å². The van der Waals surface area contributed by atoms with Gasteiger partial charge in [-0.2, -0.15) is 0 Å². The number of hydrogen-bond donors (Lipinski definition) is 1. The summed E-state index contributed by atoms with van der Waals surface area (Å²) < 4.78 is 5.30. The van der Waals surface area contributed by atoms with Crippen LogP contribution < -0.4 is 10.1 Å². The van der Waals surface area contributed by atoms with E-state index < -0.39 is 0 Å². The van der Waals surface area contributed by atoms with Gasteiger partial charge < -0.3 is 10.1 Å². The Morgan fingerprint density at radius 2 is 1.74 bits per heavy atom. The van der Waals surface area contributed by atoms with Gasteiger partial charge in [-0.1, -0.05) is 41.4 Å². The van der Waals surface area contributed by atoms with Crippen molar-refractivity contribution in [2.45, 2.75) is 13.1 Å². The number of methoxy groups -OCH3 is 1. The summed E-state index contributed by atoms with van der Waals surface area (Å²) in [5.74, 6) is 0.882. The second-order valence-corrected chi connectivity index (χ2v) is 4.99. The normalized spacial score (nSPS) is 10.5. The van der Waals surface area contributed by atoms with Crippen LogP contribution in [0.15, 0.2) is 42.5 Å². The summed E-state index contributed by atoms with van der Waals surface area (Å²) in [7, 11) is 1.67. The second kappa shape index (κ2) is 6.80. The van der Waals surface area contributed by atoms with Gasteiger partial charge in [0, 0.05) is 28.7 Å². The Morgan fingerprint density at radius 1 is 1.00 bits per heavy atom. The van der Waals surface area contributed by atoms with Crippen LogP contribution in [0.25, 0.3) is 0 Å². The lowest BCUT2D eigenvalue weighted by atomic mass is 10.2. The van der Waals surface area contributed by atoms with Gasteiger partial charge in [-0.25, -0.2) is 0 Å². The number of hydrogen-bond acceptors (Lipinski definition) is 2. The topological polar surface area (TPSA) is 21.3 Å². The molecule has 0 aliphatic rings. The Labute approximate surface area is 123 Å². The van der Waals surface area contributed by atoms with Crippen LogP contribution in [0.1, 0.15) is 11.1 Å². The van der Waals surface area contributed by atoms with Crippen molar-refractivity contribution in [3.05, 3.63) is 63.6 Å². The van der Waals surface area contributed by atoms with Crippen molar-refractivity contribution in [3.8, 4) is 5.75 Å². The largest absolute Gasteiger partial charge is 0.496 e. The summed E-state index contributed by atoms with van der Waals surface area (Å²) >= 11 is 12.1. The highest BCUT2D eigenvalue weighted by Crippen LogP contribution is 2.21. The minimum absolute atomic E-state index is 0.664. The third kappa shape index (κ3) is 3.87. The Balaban J connectivity index is 1.98. The molecule has 2 rings (SSSR count). The zero-order valence-corrected chi connectivity index (χ0v) is 12.1. The van der Waals surface area contributed by atoms with E-state index in [1.807, 2.05) is 36.4 Å². The van der Waals surface area contributed by atoms with Gasteiger partial charge in [-0.15, -0.1) is 0 Å². The molecule has 0 spiro atoms. The molecular formula is C15H15Cl2NO. The quantitative estimate of drug-likeness (QED) is 0.888. The van der Waals surface area contributed by atoms with Gasteiger partial charge in [-0.05, 0) is 29.8 Å². The lowest BCUT2D eigenvalue weighted by Gasteiger charge is -2.10. The maximum absolute atomic E-state index is 6.11. The standard InChI is InChI=1S/C15H15Cl2NO/c1-19-15-5-3-2-4-11(15)9-18-10-12-8-13(16)6-7-14(12)17/h2-8,18H,9-10H2,1H3. The van der Waals surface area contributed by atoms with E-state index in [1.165, 1.54) is 0 Å². The maximum Gasteiger partial charge on any atom is 0.123 e. The van der Waals surface area contributed by atoms with Crippen LogP contribution in [0.3, 0.4) is 0 Å². The minimum Gasteiger partial charge on any atom is -0.496 e. The molecule has 2 aromatic rings. The molecule has 2 aromatic carbocycles. The highest BCUT2D eigenvalue weighted by molar-refractivity contribution is 6.33. The number of nitrogens with one attached hydrogen (secondary N) is 1. The molecule has 0 unspecified atom stereocenters. The fourth-order valence-corrected chi connectivity index (χ4v) is 2.24. The third-order valence-electron chi connectivity index (χ3n) is 2.83. The molecule has 0 aliphatic carbocycles. The first-order valence-electron chi connectivity index (χ1n) is 5.97. The summed E-state index contributed by atoms with van der Waals surface area (Å²) in [6, 6.07) is 13.4. The molecule has 0 heterocycles. The van der Waals surface area contributed by atoms with Crippen LogP contribution in [0.5, 0.6) is 5.75 Å². The minimum atomic E-state index is 0.664. The van der Waals surface area contributed by atoms with Crippen molar-refractivity contribution in [3.63, 3.8) is 0 Å². The monoisotopic (exact) mass is 295 g/mol. The number of rotatable bonds is 5. The van der Waals surface area contributed by atoms with Crippen molar-refractivity contribution in [2.24, 2.45) is 0 Å². The molecule has 2 nitrogen and oxygen atoms in total. The molecule has 19 heavy (non-hydrogen) atoms. The summed E-state index contributed by atoms with van der Waals surface area (Å²) in [5.41, 5.74) is 2.10. The van der Waals surface area contributed by atoms with E-state index in [1.54, 1.807) is 13.2 Å². The number of halogens is 2. The van der Waals surface area contributed by atoms with Gasteiger partial charge in [-0.3, -0.25) is 0 Å². The number of benzene rings is 2. The molecule has 0 bridgehead atoms. The zero-order valence-electron chi connectivity index (χ0n) is 10.6. The predicted octanol–water partition coefficient (Wildman–Crippen LogP) is 4.29. The molecule has 0 atom stereocenters. The van der Waals surface area contributed by atoms with Gasteiger partial charge in [0.25, 0.3) is 0 Å². The van der Waals surface area contributed by atoms with Crippen LogP contribution in [-0.4, -0.2) is 7.11 Å². The molecule has 1 N–H and O–H groups in total. The highest BCUT2D eigenvalue weighted by atomic mass is 35.5. The first-order chi connectivity index (χ1) is 9.20. The van der Waals surface area contributed by atoms with Gasteiger partial charge in [0.2, 0.25) is 0 Å². The molecule has 0 aliphatic heterocycles. The van der Waals surface area contributed by atoms with E-state index in [2.05, 4.69) is 5.32 Å². The van der Waals surface area contributed by atoms with Crippen molar-refractivity contribution >= 4 is 23.2 Å². The van der Waals surface area contributed by atoms with E-state index >= 15 is 0 Å². The lowest BCUT2D eigenvalue weighted by molar-refractivity contribution is 0.407. The Morgan fingerprint density at radius 3 is 2.53 bits per heavy atom. The smallest absolute Gasteiger partial charge is 0.123 e. The molecule has 0 radical (unpaired) electrons. The molecule has 0 aromatic heterocycles. The summed E-state index contributed by atoms with van der Waals surface area (Å²) in [4.78, 5) is 0. The summed E-state index contributed by atoms with van der Waals surface area (Å²) in [5, 5.41) is 4.75. The van der Waals surface area contributed by atoms with Gasteiger partial charge in [0.15, 0.2) is 0 Å². The van der Waals surface area contributed by atoms with E-state index in [0.29, 0.717) is 18.1 Å². The third-order valence-corrected chi connectivity index (χ3v) is 3.44. The van der Waals surface area contributed by atoms with Crippen LogP contribution in [0.4, 0.5) is 0 Å². The fourth-order valence-electron chi connectivity index (χ4n) is 1.86. The van der Waals surface area contributed by atoms with E-state index in [9.17, 15) is 0 Å². The first kappa shape index (κ1) is 14.2. The number of para-hydroxylation sites is 1. The molecule has 0 saturated heterocycles. The van der Waals surface area contributed by atoms with Crippen LogP contribution in [-0.2, 0) is 13.1 Å². The van der Waals surface area contributed by atoms with Crippen molar-refractivity contribution < 1.29 is 4.74 Å². The predicted molar refractivity (Wildman–Crippen MR) is 80.0 cm³/mol. The average molecular weight is 296 g/mol.